The monoisotopic (exact) mass is 277 g/mol. The number of amides is 3. The number of nitrogens with one attached hydrogen (secondary N) is 1. The van der Waals surface area contributed by atoms with Crippen LogP contribution < -0.4 is 5.32 Å². The molecule has 0 saturated carbocycles. The van der Waals surface area contributed by atoms with Crippen LogP contribution in [-0.4, -0.2) is 48.4 Å². The van der Waals surface area contributed by atoms with E-state index < -0.39 is 6.04 Å². The van der Waals surface area contributed by atoms with Gasteiger partial charge in [-0.3, -0.25) is 4.79 Å². The SMILES string of the molecule is CCCN(C(=O)N(C)C)[C@@H](C)C(=O)Nc1ccccc1. The lowest BCUT2D eigenvalue weighted by atomic mass is 10.2. The zero-order valence-corrected chi connectivity index (χ0v) is 12.6. The maximum Gasteiger partial charge on any atom is 0.320 e. The number of hydrogen-bond acceptors (Lipinski definition) is 2. The van der Waals surface area contributed by atoms with Gasteiger partial charge in [0.05, 0.1) is 0 Å². The molecule has 0 aliphatic rings. The molecular formula is C15H23N3O2. The highest BCUT2D eigenvalue weighted by molar-refractivity contribution is 5.96. The Kier molecular flexibility index (Phi) is 6.03. The van der Waals surface area contributed by atoms with Crippen molar-refractivity contribution in [3.63, 3.8) is 0 Å². The van der Waals surface area contributed by atoms with E-state index in [1.807, 2.05) is 37.3 Å². The molecule has 0 bridgehead atoms. The number of hydrogen-bond donors (Lipinski definition) is 1. The van der Waals surface area contributed by atoms with Crippen LogP contribution in [0, 0.1) is 0 Å². The third kappa shape index (κ3) is 4.26. The maximum atomic E-state index is 12.2. The summed E-state index contributed by atoms with van der Waals surface area (Å²) in [4.78, 5) is 27.4. The Morgan fingerprint density at radius 3 is 2.30 bits per heavy atom. The molecule has 3 amide bonds. The molecule has 1 aromatic rings. The lowest BCUT2D eigenvalue weighted by Gasteiger charge is -2.30. The van der Waals surface area contributed by atoms with Gasteiger partial charge in [0, 0.05) is 26.3 Å². The topological polar surface area (TPSA) is 52.7 Å². The average Bonchev–Trinajstić information content (AvgIpc) is 2.44. The summed E-state index contributed by atoms with van der Waals surface area (Å²) in [5, 5.41) is 2.82. The van der Waals surface area contributed by atoms with Crippen LogP contribution in [0.5, 0.6) is 0 Å². The molecule has 1 N–H and O–H groups in total. The van der Waals surface area contributed by atoms with Crippen molar-refractivity contribution in [2.75, 3.05) is 26.0 Å². The number of benzene rings is 1. The molecule has 0 saturated heterocycles. The van der Waals surface area contributed by atoms with Gasteiger partial charge in [0.2, 0.25) is 5.91 Å². The molecule has 0 unspecified atom stereocenters. The predicted molar refractivity (Wildman–Crippen MR) is 80.6 cm³/mol. The average molecular weight is 277 g/mol. The minimum atomic E-state index is -0.509. The fraction of sp³-hybridized carbons (Fsp3) is 0.467. The fourth-order valence-corrected chi connectivity index (χ4v) is 1.86. The van der Waals surface area contributed by atoms with Crippen molar-refractivity contribution in [3.05, 3.63) is 30.3 Å². The predicted octanol–water partition coefficient (Wildman–Crippen LogP) is 2.41. The number of carbonyl (C=O) groups is 2. The second kappa shape index (κ2) is 7.53. The van der Waals surface area contributed by atoms with Crippen LogP contribution in [0.1, 0.15) is 20.3 Å². The van der Waals surface area contributed by atoms with Crippen LogP contribution in [0.3, 0.4) is 0 Å². The quantitative estimate of drug-likeness (QED) is 0.898. The van der Waals surface area contributed by atoms with Crippen molar-refractivity contribution < 1.29 is 9.59 Å². The van der Waals surface area contributed by atoms with Crippen molar-refractivity contribution in [1.29, 1.82) is 0 Å². The zero-order chi connectivity index (χ0) is 15.1. The van der Waals surface area contributed by atoms with Crippen LogP contribution in [-0.2, 0) is 4.79 Å². The number of anilines is 1. The molecule has 0 radical (unpaired) electrons. The zero-order valence-electron chi connectivity index (χ0n) is 12.6. The summed E-state index contributed by atoms with van der Waals surface area (Å²) in [5.74, 6) is -0.181. The van der Waals surface area contributed by atoms with Crippen LogP contribution in [0.15, 0.2) is 30.3 Å². The van der Waals surface area contributed by atoms with Gasteiger partial charge in [-0.15, -0.1) is 0 Å². The van der Waals surface area contributed by atoms with E-state index in [1.54, 1.807) is 25.9 Å². The molecule has 0 aliphatic carbocycles. The van der Waals surface area contributed by atoms with Gasteiger partial charge in [-0.2, -0.15) is 0 Å². The Labute approximate surface area is 120 Å². The summed E-state index contributed by atoms with van der Waals surface area (Å²) in [6.45, 7) is 4.29. The highest BCUT2D eigenvalue weighted by Gasteiger charge is 2.26. The first-order chi connectivity index (χ1) is 9.47. The Balaban J connectivity index is 2.76. The molecule has 0 fully saturated rings. The molecule has 1 rings (SSSR count). The van der Waals surface area contributed by atoms with Crippen molar-refractivity contribution in [2.45, 2.75) is 26.3 Å². The molecule has 1 atom stereocenters. The standard InChI is InChI=1S/C15H23N3O2/c1-5-11-18(15(20)17(3)4)12(2)14(19)16-13-9-7-6-8-10-13/h6-10,12H,5,11H2,1-4H3,(H,16,19)/t12-/m0/s1. The van der Waals surface area contributed by atoms with Gasteiger partial charge in [0.25, 0.3) is 0 Å². The summed E-state index contributed by atoms with van der Waals surface area (Å²) in [6, 6.07) is 8.58. The van der Waals surface area contributed by atoms with E-state index in [2.05, 4.69) is 5.32 Å². The largest absolute Gasteiger partial charge is 0.331 e. The van der Waals surface area contributed by atoms with Crippen LogP contribution in [0.25, 0.3) is 0 Å². The summed E-state index contributed by atoms with van der Waals surface area (Å²) in [7, 11) is 3.37. The third-order valence-corrected chi connectivity index (χ3v) is 2.98. The minimum absolute atomic E-state index is 0.150. The molecule has 0 spiro atoms. The minimum Gasteiger partial charge on any atom is -0.331 e. The van der Waals surface area contributed by atoms with E-state index in [4.69, 9.17) is 0 Å². The first-order valence-electron chi connectivity index (χ1n) is 6.81. The number of urea groups is 1. The molecule has 5 heteroatoms. The molecule has 5 nitrogen and oxygen atoms in total. The maximum absolute atomic E-state index is 12.2. The summed E-state index contributed by atoms with van der Waals surface area (Å²) >= 11 is 0. The molecule has 0 aliphatic heterocycles. The molecule has 0 heterocycles. The third-order valence-electron chi connectivity index (χ3n) is 2.98. The van der Waals surface area contributed by atoms with Crippen molar-refractivity contribution in [3.8, 4) is 0 Å². The fourth-order valence-electron chi connectivity index (χ4n) is 1.86. The van der Waals surface area contributed by atoms with E-state index >= 15 is 0 Å². The van der Waals surface area contributed by atoms with Gasteiger partial charge >= 0.3 is 6.03 Å². The smallest absolute Gasteiger partial charge is 0.320 e. The van der Waals surface area contributed by atoms with Gasteiger partial charge in [-0.1, -0.05) is 25.1 Å². The summed E-state index contributed by atoms with van der Waals surface area (Å²) < 4.78 is 0. The van der Waals surface area contributed by atoms with Gasteiger partial charge < -0.3 is 15.1 Å². The Morgan fingerprint density at radius 1 is 1.20 bits per heavy atom. The number of carbonyl (C=O) groups excluding carboxylic acids is 2. The molecule has 110 valence electrons. The van der Waals surface area contributed by atoms with Crippen molar-refractivity contribution in [1.82, 2.24) is 9.80 Å². The lowest BCUT2D eigenvalue weighted by molar-refractivity contribution is -0.120. The first-order valence-corrected chi connectivity index (χ1v) is 6.81. The Hall–Kier alpha value is -2.04. The van der Waals surface area contributed by atoms with E-state index in [9.17, 15) is 9.59 Å². The highest BCUT2D eigenvalue weighted by Crippen LogP contribution is 2.10. The van der Waals surface area contributed by atoms with E-state index in [0.717, 1.165) is 12.1 Å². The van der Waals surface area contributed by atoms with Gasteiger partial charge in [0.1, 0.15) is 6.04 Å². The molecular weight excluding hydrogens is 254 g/mol. The number of nitrogens with zero attached hydrogens (tertiary/aromatic N) is 2. The molecule has 1 aromatic carbocycles. The van der Waals surface area contributed by atoms with Gasteiger partial charge in [0.15, 0.2) is 0 Å². The molecule has 0 aromatic heterocycles. The second-order valence-electron chi connectivity index (χ2n) is 4.90. The van der Waals surface area contributed by atoms with Gasteiger partial charge in [-0.25, -0.2) is 4.79 Å². The van der Waals surface area contributed by atoms with E-state index in [1.165, 1.54) is 4.90 Å². The normalized spacial score (nSPS) is 11.6. The molecule has 20 heavy (non-hydrogen) atoms. The number of para-hydroxylation sites is 1. The van der Waals surface area contributed by atoms with Crippen LogP contribution in [0.2, 0.25) is 0 Å². The Bertz CT molecular complexity index is 446. The van der Waals surface area contributed by atoms with Crippen LogP contribution in [0.4, 0.5) is 10.5 Å². The number of rotatable bonds is 5. The second-order valence-corrected chi connectivity index (χ2v) is 4.90. The summed E-state index contributed by atoms with van der Waals surface area (Å²) in [6.07, 6.45) is 0.808. The lowest BCUT2D eigenvalue weighted by Crippen LogP contribution is -2.49. The van der Waals surface area contributed by atoms with Crippen molar-refractivity contribution in [2.24, 2.45) is 0 Å². The highest BCUT2D eigenvalue weighted by atomic mass is 16.2. The van der Waals surface area contributed by atoms with E-state index in [0.29, 0.717) is 6.54 Å². The first kappa shape index (κ1) is 16.0. The van der Waals surface area contributed by atoms with E-state index in [-0.39, 0.29) is 11.9 Å². The Morgan fingerprint density at radius 2 is 1.80 bits per heavy atom. The summed E-state index contributed by atoms with van der Waals surface area (Å²) in [5.41, 5.74) is 0.734. The van der Waals surface area contributed by atoms with Crippen molar-refractivity contribution >= 4 is 17.6 Å². The van der Waals surface area contributed by atoms with Gasteiger partial charge in [-0.05, 0) is 25.5 Å². The van der Waals surface area contributed by atoms with Crippen LogP contribution >= 0.6 is 0 Å².